The van der Waals surface area contributed by atoms with Gasteiger partial charge in [0.2, 0.25) is 5.78 Å². The van der Waals surface area contributed by atoms with Gasteiger partial charge in [-0.05, 0) is 29.7 Å². The molecule has 3 aromatic heterocycles. The third kappa shape index (κ3) is 2.81. The first-order chi connectivity index (χ1) is 16.4. The lowest BCUT2D eigenvalue weighted by atomic mass is 10.1. The zero-order chi connectivity index (χ0) is 23.7. The molecule has 6 rings (SSSR count). The quantitative estimate of drug-likeness (QED) is 0.350. The molecule has 0 atom stereocenters. The van der Waals surface area contributed by atoms with Gasteiger partial charge in [0.05, 0.1) is 16.4 Å². The van der Waals surface area contributed by atoms with E-state index in [1.165, 1.54) is 11.6 Å². The van der Waals surface area contributed by atoms with Crippen molar-refractivity contribution in [2.24, 2.45) is 14.1 Å². The van der Waals surface area contributed by atoms with Gasteiger partial charge in [-0.2, -0.15) is 4.98 Å². The van der Waals surface area contributed by atoms with Crippen molar-refractivity contribution in [1.29, 1.82) is 0 Å². The molecule has 0 aliphatic rings. The van der Waals surface area contributed by atoms with Gasteiger partial charge < -0.3 is 0 Å². The number of nitrogens with zero attached hydrogens (tertiary/aromatic N) is 5. The van der Waals surface area contributed by atoms with E-state index >= 15 is 0 Å². The smallest absolute Gasteiger partial charge is 0.279 e. The molecule has 3 aromatic carbocycles. The minimum atomic E-state index is -0.434. The van der Waals surface area contributed by atoms with Crippen LogP contribution in [0.25, 0.3) is 44.7 Å². The second kappa shape index (κ2) is 7.35. The molecule has 0 bridgehead atoms. The van der Waals surface area contributed by atoms with Crippen molar-refractivity contribution in [2.75, 3.05) is 0 Å². The van der Waals surface area contributed by atoms with Crippen LogP contribution in [0.15, 0.2) is 76.4 Å². The average Bonchev–Trinajstić information content (AvgIpc) is 3.37. The highest BCUT2D eigenvalue weighted by atomic mass is 35.5. The van der Waals surface area contributed by atoms with Gasteiger partial charge in [-0.3, -0.25) is 22.9 Å². The Bertz CT molecular complexity index is 1900. The highest BCUT2D eigenvalue weighted by Gasteiger charge is 2.23. The highest BCUT2D eigenvalue weighted by molar-refractivity contribution is 6.36. The summed E-state index contributed by atoms with van der Waals surface area (Å²) in [5.41, 5.74) is 2.10. The average molecular weight is 490 g/mol. The van der Waals surface area contributed by atoms with E-state index in [9.17, 15) is 9.59 Å². The summed E-state index contributed by atoms with van der Waals surface area (Å²) in [6.07, 6.45) is 1.83. The Balaban J connectivity index is 1.84. The molecule has 0 aliphatic heterocycles. The van der Waals surface area contributed by atoms with E-state index in [0.717, 1.165) is 32.3 Å². The second-order valence-corrected chi connectivity index (χ2v) is 8.98. The third-order valence-electron chi connectivity index (χ3n) is 6.18. The van der Waals surface area contributed by atoms with Crippen LogP contribution < -0.4 is 11.2 Å². The molecule has 0 aliphatic carbocycles. The van der Waals surface area contributed by atoms with Crippen molar-refractivity contribution < 1.29 is 0 Å². The van der Waals surface area contributed by atoms with E-state index < -0.39 is 11.2 Å². The fourth-order valence-corrected chi connectivity index (χ4v) is 5.00. The van der Waals surface area contributed by atoms with Crippen molar-refractivity contribution in [3.8, 4) is 16.9 Å². The fraction of sp³-hybridized carbons (Fsp3) is 0.0800. The maximum atomic E-state index is 13.1. The Labute approximate surface area is 202 Å². The van der Waals surface area contributed by atoms with E-state index in [2.05, 4.69) is 0 Å². The molecule has 7 nitrogen and oxygen atoms in total. The zero-order valence-electron chi connectivity index (χ0n) is 18.2. The Hall–Kier alpha value is -3.81. The molecule has 0 spiro atoms. The van der Waals surface area contributed by atoms with E-state index in [1.54, 1.807) is 23.6 Å². The fourth-order valence-electron chi connectivity index (χ4n) is 4.50. The molecule has 6 aromatic rings. The number of halogens is 2. The first-order valence-corrected chi connectivity index (χ1v) is 11.3. The summed E-state index contributed by atoms with van der Waals surface area (Å²) in [5.74, 6) is 0.491. The van der Waals surface area contributed by atoms with E-state index in [4.69, 9.17) is 28.2 Å². The van der Waals surface area contributed by atoms with Gasteiger partial charge in [0.15, 0.2) is 11.2 Å². The summed E-state index contributed by atoms with van der Waals surface area (Å²) in [6, 6.07) is 19.3. The van der Waals surface area contributed by atoms with Crippen LogP contribution in [0.1, 0.15) is 0 Å². The Morgan fingerprint density at radius 3 is 2.44 bits per heavy atom. The summed E-state index contributed by atoms with van der Waals surface area (Å²) in [5, 5.41) is 3.05. The van der Waals surface area contributed by atoms with Crippen LogP contribution in [-0.4, -0.2) is 23.1 Å². The first-order valence-electron chi connectivity index (χ1n) is 10.5. The molecule has 0 saturated carbocycles. The topological polar surface area (TPSA) is 66.2 Å². The van der Waals surface area contributed by atoms with Crippen LogP contribution in [0.4, 0.5) is 0 Å². The van der Waals surface area contributed by atoms with E-state index in [0.29, 0.717) is 27.0 Å². The number of hydrogen-bond donors (Lipinski definition) is 0. The maximum Gasteiger partial charge on any atom is 0.332 e. The van der Waals surface area contributed by atoms with Crippen molar-refractivity contribution in [2.45, 2.75) is 0 Å². The Morgan fingerprint density at radius 2 is 1.65 bits per heavy atom. The summed E-state index contributed by atoms with van der Waals surface area (Å²) in [4.78, 5) is 30.4. The molecule has 0 amide bonds. The summed E-state index contributed by atoms with van der Waals surface area (Å²) < 4.78 is 6.15. The number of fused-ring (bicyclic) bond motifs is 4. The number of aryl methyl sites for hydroxylation is 1. The molecular weight excluding hydrogens is 473 g/mol. The molecule has 0 N–H and O–H groups in total. The molecule has 3 heterocycles. The zero-order valence-corrected chi connectivity index (χ0v) is 19.7. The molecule has 34 heavy (non-hydrogen) atoms. The molecule has 9 heteroatoms. The predicted molar refractivity (Wildman–Crippen MR) is 135 cm³/mol. The Kier molecular flexibility index (Phi) is 4.49. The first kappa shape index (κ1) is 20.8. The van der Waals surface area contributed by atoms with Crippen LogP contribution in [0, 0.1) is 0 Å². The third-order valence-corrected chi connectivity index (χ3v) is 6.73. The van der Waals surface area contributed by atoms with Gasteiger partial charge in [-0.25, -0.2) is 4.79 Å². The summed E-state index contributed by atoms with van der Waals surface area (Å²) in [7, 11) is 3.07. The number of rotatable bonds is 2. The van der Waals surface area contributed by atoms with Gasteiger partial charge in [0.1, 0.15) is 0 Å². The standard InChI is InChI=1S/C25H17Cl2N5O2/c1-29-22-21(23(33)30(2)25(29)34)31-13-20(17-11-10-15(26)12-18(17)27)32(24(31)28-22)19-9-5-7-14-6-3-4-8-16(14)19/h3-13H,1-2H3. The lowest BCUT2D eigenvalue weighted by Crippen LogP contribution is -2.37. The van der Waals surface area contributed by atoms with Crippen LogP contribution >= 0.6 is 23.2 Å². The van der Waals surface area contributed by atoms with Crippen molar-refractivity contribution in [1.82, 2.24) is 23.1 Å². The summed E-state index contributed by atoms with van der Waals surface area (Å²) >= 11 is 12.8. The lowest BCUT2D eigenvalue weighted by molar-refractivity contribution is 0.708. The molecule has 168 valence electrons. The van der Waals surface area contributed by atoms with Crippen LogP contribution in [-0.2, 0) is 14.1 Å². The monoisotopic (exact) mass is 489 g/mol. The van der Waals surface area contributed by atoms with Gasteiger partial charge in [0.25, 0.3) is 5.56 Å². The van der Waals surface area contributed by atoms with Gasteiger partial charge in [-0.15, -0.1) is 0 Å². The van der Waals surface area contributed by atoms with Gasteiger partial charge in [0, 0.05) is 36.3 Å². The lowest BCUT2D eigenvalue weighted by Gasteiger charge is -2.13. The number of imidazole rings is 2. The minimum absolute atomic E-state index is 0.310. The normalized spacial score (nSPS) is 11.8. The molecule has 0 saturated heterocycles. The molecule has 0 fully saturated rings. The predicted octanol–water partition coefficient (Wildman–Crippen LogP) is 4.80. The van der Waals surface area contributed by atoms with Crippen LogP contribution in [0.3, 0.4) is 0 Å². The Morgan fingerprint density at radius 1 is 0.882 bits per heavy atom. The maximum absolute atomic E-state index is 13.1. The van der Waals surface area contributed by atoms with E-state index in [1.807, 2.05) is 59.3 Å². The second-order valence-electron chi connectivity index (χ2n) is 8.13. The minimum Gasteiger partial charge on any atom is -0.279 e. The van der Waals surface area contributed by atoms with Crippen LogP contribution in [0.5, 0.6) is 0 Å². The SMILES string of the molecule is Cn1c(=O)c2c(nc3n(-c4cccc5ccccc45)c(-c4ccc(Cl)cc4Cl)cn23)n(C)c1=O. The van der Waals surface area contributed by atoms with Crippen molar-refractivity contribution in [3.63, 3.8) is 0 Å². The molecule has 0 unspecified atom stereocenters. The number of hydrogen-bond acceptors (Lipinski definition) is 3. The molecular formula is C25H17Cl2N5O2. The van der Waals surface area contributed by atoms with Crippen LogP contribution in [0.2, 0.25) is 10.0 Å². The number of benzene rings is 3. The van der Waals surface area contributed by atoms with Gasteiger partial charge >= 0.3 is 5.69 Å². The van der Waals surface area contributed by atoms with E-state index in [-0.39, 0.29) is 0 Å². The largest absolute Gasteiger partial charge is 0.332 e. The molecule has 0 radical (unpaired) electrons. The van der Waals surface area contributed by atoms with Crippen molar-refractivity contribution in [3.05, 3.63) is 97.7 Å². The number of aromatic nitrogens is 5. The highest BCUT2D eigenvalue weighted by Crippen LogP contribution is 2.36. The van der Waals surface area contributed by atoms with Gasteiger partial charge in [-0.1, -0.05) is 59.6 Å². The summed E-state index contributed by atoms with van der Waals surface area (Å²) in [6.45, 7) is 0. The van der Waals surface area contributed by atoms with Crippen molar-refractivity contribution >= 4 is 50.9 Å².